The Hall–Kier alpha value is -4.75. The molecule has 2 aliphatic heterocycles. The van der Waals surface area contributed by atoms with Gasteiger partial charge in [-0.2, -0.15) is 0 Å². The molecular formula is C31H24N2O5. The number of esters is 1. The van der Waals surface area contributed by atoms with Crippen LogP contribution in [0.5, 0.6) is 5.75 Å². The van der Waals surface area contributed by atoms with Gasteiger partial charge in [-0.1, -0.05) is 78.9 Å². The van der Waals surface area contributed by atoms with Gasteiger partial charge in [-0.05, 0) is 47.5 Å². The van der Waals surface area contributed by atoms with E-state index in [4.69, 9.17) is 9.57 Å². The first-order chi connectivity index (χ1) is 18.6. The van der Waals surface area contributed by atoms with E-state index in [1.807, 2.05) is 66.7 Å². The van der Waals surface area contributed by atoms with E-state index in [0.29, 0.717) is 11.3 Å². The predicted molar refractivity (Wildman–Crippen MR) is 140 cm³/mol. The van der Waals surface area contributed by atoms with Crippen molar-refractivity contribution in [3.63, 3.8) is 0 Å². The van der Waals surface area contributed by atoms with Crippen LogP contribution in [0.3, 0.4) is 0 Å². The maximum absolute atomic E-state index is 13.7. The van der Waals surface area contributed by atoms with Crippen LogP contribution in [0.2, 0.25) is 0 Å². The fourth-order valence-electron chi connectivity index (χ4n) is 5.00. The Labute approximate surface area is 219 Å². The van der Waals surface area contributed by atoms with Crippen LogP contribution in [-0.2, 0) is 21.0 Å². The van der Waals surface area contributed by atoms with Crippen molar-refractivity contribution in [3.8, 4) is 5.75 Å². The van der Waals surface area contributed by atoms with Crippen molar-refractivity contribution in [2.24, 2.45) is 5.92 Å². The van der Waals surface area contributed by atoms with Gasteiger partial charge >= 0.3 is 5.97 Å². The van der Waals surface area contributed by atoms with Crippen molar-refractivity contribution >= 4 is 23.5 Å². The third-order valence-electron chi connectivity index (χ3n) is 6.84. The number of ether oxygens (including phenoxy) is 1. The molecule has 0 aliphatic carbocycles. The second-order valence-electron chi connectivity index (χ2n) is 9.23. The molecule has 188 valence electrons. The van der Waals surface area contributed by atoms with E-state index in [9.17, 15) is 14.4 Å². The highest BCUT2D eigenvalue weighted by Gasteiger charge is 2.59. The molecular weight excluding hydrogens is 480 g/mol. The molecule has 6 rings (SSSR count). The lowest BCUT2D eigenvalue weighted by Crippen LogP contribution is -2.36. The molecule has 2 aliphatic rings. The first-order valence-corrected chi connectivity index (χ1v) is 12.4. The van der Waals surface area contributed by atoms with Crippen molar-refractivity contribution in [3.05, 3.63) is 132 Å². The van der Waals surface area contributed by atoms with Crippen LogP contribution in [0.4, 0.5) is 5.69 Å². The van der Waals surface area contributed by atoms with Gasteiger partial charge in [-0.3, -0.25) is 19.3 Å². The topological polar surface area (TPSA) is 76.2 Å². The fourth-order valence-corrected chi connectivity index (χ4v) is 5.00. The zero-order valence-electron chi connectivity index (χ0n) is 20.3. The Kier molecular flexibility index (Phi) is 6.19. The number of hydrogen-bond donors (Lipinski definition) is 0. The number of para-hydroxylation sites is 1. The first kappa shape index (κ1) is 23.6. The maximum atomic E-state index is 13.7. The number of hydroxylamine groups is 1. The SMILES string of the molecule is O=C(Oc1ccc([C@H]2[C@@H]3C(=O)N(Cc4ccccc4)C(=O)[C@@H]3ON2c2ccccc2)cc1)c1ccccc1. The lowest BCUT2D eigenvalue weighted by molar-refractivity contribution is -0.143. The number of imide groups is 1. The number of anilines is 1. The number of benzene rings is 4. The Morgan fingerprint density at radius 3 is 2.00 bits per heavy atom. The van der Waals surface area contributed by atoms with Gasteiger partial charge in [0.2, 0.25) is 5.91 Å². The quantitative estimate of drug-likeness (QED) is 0.210. The number of likely N-dealkylation sites (tertiary alicyclic amines) is 1. The van der Waals surface area contributed by atoms with E-state index >= 15 is 0 Å². The van der Waals surface area contributed by atoms with Crippen molar-refractivity contribution in [2.45, 2.75) is 18.7 Å². The van der Waals surface area contributed by atoms with Gasteiger partial charge < -0.3 is 4.74 Å². The van der Waals surface area contributed by atoms with E-state index in [2.05, 4.69) is 0 Å². The average molecular weight is 505 g/mol. The Balaban J connectivity index is 1.29. The van der Waals surface area contributed by atoms with Gasteiger partial charge in [0.1, 0.15) is 11.7 Å². The van der Waals surface area contributed by atoms with Crippen LogP contribution in [0.15, 0.2) is 115 Å². The molecule has 0 spiro atoms. The van der Waals surface area contributed by atoms with Crippen LogP contribution in [0, 0.1) is 5.92 Å². The zero-order valence-corrected chi connectivity index (χ0v) is 20.3. The Morgan fingerprint density at radius 1 is 0.737 bits per heavy atom. The third-order valence-corrected chi connectivity index (χ3v) is 6.84. The van der Waals surface area contributed by atoms with E-state index in [0.717, 1.165) is 16.8 Å². The number of nitrogens with zero attached hydrogens (tertiary/aromatic N) is 2. The molecule has 3 atom stereocenters. The Bertz CT molecular complexity index is 1460. The second kappa shape index (κ2) is 9.95. The summed E-state index contributed by atoms with van der Waals surface area (Å²) < 4.78 is 5.52. The lowest BCUT2D eigenvalue weighted by atomic mass is 9.90. The van der Waals surface area contributed by atoms with Gasteiger partial charge in [-0.25, -0.2) is 9.86 Å². The summed E-state index contributed by atoms with van der Waals surface area (Å²) in [5.74, 6) is -1.41. The second-order valence-corrected chi connectivity index (χ2v) is 9.23. The van der Waals surface area contributed by atoms with E-state index in [1.165, 1.54) is 4.90 Å². The summed E-state index contributed by atoms with van der Waals surface area (Å²) in [5, 5.41) is 1.65. The molecule has 0 bridgehead atoms. The van der Waals surface area contributed by atoms with Crippen molar-refractivity contribution < 1.29 is 24.0 Å². The van der Waals surface area contributed by atoms with Gasteiger partial charge in [0, 0.05) is 0 Å². The van der Waals surface area contributed by atoms with Gasteiger partial charge in [-0.15, -0.1) is 0 Å². The van der Waals surface area contributed by atoms with Crippen LogP contribution in [0.1, 0.15) is 27.5 Å². The fraction of sp³-hybridized carbons (Fsp3) is 0.129. The van der Waals surface area contributed by atoms with Crippen LogP contribution in [0.25, 0.3) is 0 Å². The van der Waals surface area contributed by atoms with Gasteiger partial charge in [0.25, 0.3) is 5.91 Å². The number of fused-ring (bicyclic) bond motifs is 1. The predicted octanol–water partition coefficient (Wildman–Crippen LogP) is 4.95. The highest BCUT2D eigenvalue weighted by Crippen LogP contribution is 2.47. The highest BCUT2D eigenvalue weighted by molar-refractivity contribution is 6.07. The number of hydrogen-bond acceptors (Lipinski definition) is 6. The van der Waals surface area contributed by atoms with Crippen LogP contribution in [-0.4, -0.2) is 28.8 Å². The smallest absolute Gasteiger partial charge is 0.343 e. The maximum Gasteiger partial charge on any atom is 0.343 e. The minimum absolute atomic E-state index is 0.196. The van der Waals surface area contributed by atoms with E-state index in [-0.39, 0.29) is 18.4 Å². The molecule has 2 fully saturated rings. The molecule has 4 aromatic rings. The minimum Gasteiger partial charge on any atom is -0.423 e. The summed E-state index contributed by atoms with van der Waals surface area (Å²) >= 11 is 0. The molecule has 0 unspecified atom stereocenters. The van der Waals surface area contributed by atoms with Crippen molar-refractivity contribution in [2.75, 3.05) is 5.06 Å². The largest absolute Gasteiger partial charge is 0.423 e. The van der Waals surface area contributed by atoms with Crippen LogP contribution < -0.4 is 9.80 Å². The molecule has 7 nitrogen and oxygen atoms in total. The monoisotopic (exact) mass is 504 g/mol. The molecule has 0 saturated carbocycles. The van der Waals surface area contributed by atoms with E-state index in [1.54, 1.807) is 53.6 Å². The molecule has 2 heterocycles. The molecule has 2 amide bonds. The number of carbonyl (C=O) groups is 3. The summed E-state index contributed by atoms with van der Waals surface area (Å²) in [6.07, 6.45) is -0.924. The van der Waals surface area contributed by atoms with Gasteiger partial charge in [0.15, 0.2) is 6.10 Å². The molecule has 0 radical (unpaired) electrons. The molecule has 0 N–H and O–H groups in total. The van der Waals surface area contributed by atoms with Crippen molar-refractivity contribution in [1.29, 1.82) is 0 Å². The summed E-state index contributed by atoms with van der Waals surface area (Å²) in [4.78, 5) is 47.0. The minimum atomic E-state index is -0.924. The first-order valence-electron chi connectivity index (χ1n) is 12.4. The average Bonchev–Trinajstić information content (AvgIpc) is 3.47. The molecule has 38 heavy (non-hydrogen) atoms. The standard InChI is InChI=1S/C31H24N2O5/c34-29-26-27(22-16-18-25(19-17-22)37-31(36)23-12-6-2-7-13-23)33(24-14-8-3-9-15-24)38-28(26)30(35)32(29)20-21-10-4-1-5-11-21/h1-19,26-28H,20H2/t26-,27-,28+/m0/s1. The number of carbonyl (C=O) groups excluding carboxylic acids is 3. The molecule has 4 aromatic carbocycles. The summed E-state index contributed by atoms with van der Waals surface area (Å²) in [5.41, 5.74) is 2.83. The highest BCUT2D eigenvalue weighted by atomic mass is 16.7. The Morgan fingerprint density at radius 2 is 1.34 bits per heavy atom. The zero-order chi connectivity index (χ0) is 26.1. The summed E-state index contributed by atoms with van der Waals surface area (Å²) in [7, 11) is 0. The molecule has 0 aromatic heterocycles. The third kappa shape index (κ3) is 4.33. The normalized spacial score (nSPS) is 20.5. The van der Waals surface area contributed by atoms with Gasteiger partial charge in [0.05, 0.1) is 23.8 Å². The number of amides is 2. The molecule has 2 saturated heterocycles. The van der Waals surface area contributed by atoms with Crippen LogP contribution >= 0.6 is 0 Å². The number of rotatable bonds is 6. The lowest BCUT2D eigenvalue weighted by Gasteiger charge is -2.28. The summed E-state index contributed by atoms with van der Waals surface area (Å²) in [6, 6.07) is 34.0. The summed E-state index contributed by atoms with van der Waals surface area (Å²) in [6.45, 7) is 0.196. The van der Waals surface area contributed by atoms with Crippen molar-refractivity contribution in [1.82, 2.24) is 4.90 Å². The van der Waals surface area contributed by atoms with E-state index < -0.39 is 24.0 Å². The molecule has 7 heteroatoms.